The molecule has 1 unspecified atom stereocenters. The summed E-state index contributed by atoms with van der Waals surface area (Å²) in [5.41, 5.74) is 3.58. The average molecular weight is 397 g/mol. The Labute approximate surface area is 175 Å². The Morgan fingerprint density at radius 2 is 1.80 bits per heavy atom. The lowest BCUT2D eigenvalue weighted by atomic mass is 9.80. The number of ether oxygens (including phenoxy) is 1. The molecule has 0 radical (unpaired) electrons. The van der Waals surface area contributed by atoms with Gasteiger partial charge in [-0.25, -0.2) is 0 Å². The van der Waals surface area contributed by atoms with Gasteiger partial charge in [0.2, 0.25) is 0 Å². The molecule has 1 aliphatic rings. The zero-order valence-corrected chi connectivity index (χ0v) is 17.0. The van der Waals surface area contributed by atoms with Crippen LogP contribution in [-0.4, -0.2) is 11.6 Å². The van der Waals surface area contributed by atoms with E-state index in [1.165, 1.54) is 0 Å². The minimum absolute atomic E-state index is 0.00263. The number of hydrogen-bond donors (Lipinski definition) is 1. The predicted octanol–water partition coefficient (Wildman–Crippen LogP) is 4.53. The summed E-state index contributed by atoms with van der Waals surface area (Å²) in [4.78, 5) is 15.5. The normalized spacial score (nSPS) is 14.9. The molecule has 0 aliphatic heterocycles. The van der Waals surface area contributed by atoms with E-state index in [2.05, 4.69) is 17.1 Å². The molecule has 5 heteroatoms. The Morgan fingerprint density at radius 3 is 2.50 bits per heavy atom. The lowest BCUT2D eigenvalue weighted by molar-refractivity contribution is 0.285. The minimum atomic E-state index is -0.742. The molecule has 1 heterocycles. The number of fused-ring (bicyclic) bond motifs is 3. The van der Waals surface area contributed by atoms with Gasteiger partial charge in [0, 0.05) is 22.9 Å². The average Bonchev–Trinajstić information content (AvgIpc) is 2.79. The molecule has 3 aromatic rings. The molecule has 150 valence electrons. The Balaban J connectivity index is 1.57. The van der Waals surface area contributed by atoms with Gasteiger partial charge in [-0.1, -0.05) is 12.1 Å². The molecule has 2 aromatic carbocycles. The Kier molecular flexibility index (Phi) is 5.29. The molecule has 1 aliphatic carbocycles. The number of nitrogens with zero attached hydrogens (tertiary/aromatic N) is 2. The number of rotatable bonds is 5. The first-order chi connectivity index (χ1) is 14.5. The van der Waals surface area contributed by atoms with E-state index in [0.717, 1.165) is 53.3 Å². The summed E-state index contributed by atoms with van der Waals surface area (Å²) in [6.45, 7) is 2.27. The summed E-state index contributed by atoms with van der Waals surface area (Å²) >= 11 is 0. The molecular formula is C25H23N3O2. The number of aromatic amines is 1. The highest BCUT2D eigenvalue weighted by Gasteiger charge is 2.27. The van der Waals surface area contributed by atoms with E-state index in [9.17, 15) is 10.1 Å². The van der Waals surface area contributed by atoms with E-state index in [1.54, 1.807) is 24.3 Å². The van der Waals surface area contributed by atoms with Crippen LogP contribution in [0.1, 0.15) is 48.4 Å². The first-order valence-electron chi connectivity index (χ1n) is 10.3. The van der Waals surface area contributed by atoms with E-state index in [4.69, 9.17) is 10.00 Å². The van der Waals surface area contributed by atoms with Crippen molar-refractivity contribution in [3.8, 4) is 17.9 Å². The lowest BCUT2D eigenvalue weighted by Gasteiger charge is -2.24. The van der Waals surface area contributed by atoms with Crippen molar-refractivity contribution in [2.24, 2.45) is 0 Å². The van der Waals surface area contributed by atoms with Crippen LogP contribution in [0.15, 0.2) is 47.3 Å². The highest BCUT2D eigenvalue weighted by atomic mass is 16.5. The Bertz CT molecular complexity index is 1230. The van der Waals surface area contributed by atoms with E-state index in [1.807, 2.05) is 25.1 Å². The first kappa shape index (κ1) is 19.7. The molecule has 0 fully saturated rings. The number of hydrogen-bond acceptors (Lipinski definition) is 4. The fourth-order valence-electron chi connectivity index (χ4n) is 4.17. The van der Waals surface area contributed by atoms with E-state index in [-0.39, 0.29) is 5.56 Å². The summed E-state index contributed by atoms with van der Waals surface area (Å²) in [6.07, 6.45) is 4.44. The van der Waals surface area contributed by atoms with Gasteiger partial charge in [0.05, 0.1) is 29.7 Å². The largest absolute Gasteiger partial charge is 0.494 e. The van der Waals surface area contributed by atoms with Crippen LogP contribution in [-0.2, 0) is 18.3 Å². The number of nitrogens with one attached hydrogen (secondary N) is 1. The zero-order valence-electron chi connectivity index (χ0n) is 17.0. The van der Waals surface area contributed by atoms with E-state index < -0.39 is 5.41 Å². The van der Waals surface area contributed by atoms with Gasteiger partial charge in [-0.3, -0.25) is 4.79 Å². The Morgan fingerprint density at radius 1 is 1.07 bits per heavy atom. The minimum Gasteiger partial charge on any atom is -0.494 e. The van der Waals surface area contributed by atoms with Crippen molar-refractivity contribution in [3.05, 3.63) is 75.1 Å². The van der Waals surface area contributed by atoms with Gasteiger partial charge in [0.15, 0.2) is 0 Å². The second-order valence-corrected chi connectivity index (χ2v) is 8.06. The van der Waals surface area contributed by atoms with Crippen LogP contribution in [0.2, 0.25) is 0 Å². The summed E-state index contributed by atoms with van der Waals surface area (Å²) in [7, 11) is 0. The van der Waals surface area contributed by atoms with Crippen LogP contribution in [0.3, 0.4) is 0 Å². The maximum atomic E-state index is 12.5. The molecule has 5 nitrogen and oxygen atoms in total. The number of pyridine rings is 1. The number of aromatic nitrogens is 1. The molecule has 0 saturated heterocycles. The summed E-state index contributed by atoms with van der Waals surface area (Å²) in [5.74, 6) is 0.670. The van der Waals surface area contributed by atoms with Crippen LogP contribution in [0, 0.1) is 22.7 Å². The molecule has 1 atom stereocenters. The molecule has 4 rings (SSSR count). The van der Waals surface area contributed by atoms with Gasteiger partial charge >= 0.3 is 0 Å². The maximum Gasteiger partial charge on any atom is 0.251 e. The van der Waals surface area contributed by atoms with Crippen LogP contribution >= 0.6 is 0 Å². The van der Waals surface area contributed by atoms with Gasteiger partial charge in [0.25, 0.3) is 5.56 Å². The molecule has 0 amide bonds. The van der Waals surface area contributed by atoms with Gasteiger partial charge in [-0.05, 0) is 74.1 Å². The van der Waals surface area contributed by atoms with Crippen molar-refractivity contribution >= 4 is 10.9 Å². The van der Waals surface area contributed by atoms with Crippen molar-refractivity contribution in [2.45, 2.75) is 44.4 Å². The fourth-order valence-corrected chi connectivity index (χ4v) is 4.17. The quantitative estimate of drug-likeness (QED) is 0.685. The second-order valence-electron chi connectivity index (χ2n) is 8.06. The van der Waals surface area contributed by atoms with Crippen LogP contribution < -0.4 is 10.3 Å². The predicted molar refractivity (Wildman–Crippen MR) is 115 cm³/mol. The van der Waals surface area contributed by atoms with Gasteiger partial charge in [0.1, 0.15) is 5.75 Å². The SMILES string of the molecule is CC(C#N)(CCOc1ccc(C#N)cc1)c1ccc2c3c(c(=O)[nH]c2c1)CCCC3. The van der Waals surface area contributed by atoms with Crippen LogP contribution in [0.25, 0.3) is 10.9 Å². The third-order valence-electron chi connectivity index (χ3n) is 6.07. The molecule has 1 aromatic heterocycles. The standard InChI is InChI=1S/C25H23N3O2/c1-25(16-27,12-13-30-19-9-6-17(15-26)7-10-19)18-8-11-21-20-4-2-3-5-22(20)24(29)28-23(21)14-18/h6-11,14H,2-5,12-13H2,1H3,(H,28,29). The van der Waals surface area contributed by atoms with E-state index >= 15 is 0 Å². The molecular weight excluding hydrogens is 374 g/mol. The summed E-state index contributed by atoms with van der Waals surface area (Å²) < 4.78 is 5.79. The summed E-state index contributed by atoms with van der Waals surface area (Å²) in [5, 5.41) is 19.9. The maximum absolute atomic E-state index is 12.5. The second kappa shape index (κ2) is 8.05. The molecule has 0 spiro atoms. The zero-order chi connectivity index (χ0) is 21.1. The smallest absolute Gasteiger partial charge is 0.251 e. The van der Waals surface area contributed by atoms with Crippen molar-refractivity contribution in [1.29, 1.82) is 10.5 Å². The van der Waals surface area contributed by atoms with Crippen LogP contribution in [0.4, 0.5) is 0 Å². The van der Waals surface area contributed by atoms with Gasteiger partial charge < -0.3 is 9.72 Å². The van der Waals surface area contributed by atoms with Crippen LogP contribution in [0.5, 0.6) is 5.75 Å². The number of H-pyrrole nitrogens is 1. The van der Waals surface area contributed by atoms with Crippen molar-refractivity contribution in [3.63, 3.8) is 0 Å². The molecule has 0 bridgehead atoms. The van der Waals surface area contributed by atoms with E-state index in [0.29, 0.717) is 24.3 Å². The third kappa shape index (κ3) is 3.67. The monoisotopic (exact) mass is 397 g/mol. The lowest BCUT2D eigenvalue weighted by Crippen LogP contribution is -2.24. The third-order valence-corrected chi connectivity index (χ3v) is 6.07. The number of benzene rings is 2. The number of nitriles is 2. The Hall–Kier alpha value is -3.57. The molecule has 0 saturated carbocycles. The highest BCUT2D eigenvalue weighted by molar-refractivity contribution is 5.84. The van der Waals surface area contributed by atoms with Crippen molar-refractivity contribution in [2.75, 3.05) is 6.61 Å². The molecule has 30 heavy (non-hydrogen) atoms. The summed E-state index contributed by atoms with van der Waals surface area (Å²) in [6, 6.07) is 17.4. The van der Waals surface area contributed by atoms with Gasteiger partial charge in [-0.15, -0.1) is 0 Å². The highest BCUT2D eigenvalue weighted by Crippen LogP contribution is 2.32. The number of aryl methyl sites for hydroxylation is 1. The van der Waals surface area contributed by atoms with Gasteiger partial charge in [-0.2, -0.15) is 10.5 Å². The first-order valence-corrected chi connectivity index (χ1v) is 10.3. The van der Waals surface area contributed by atoms with Crippen molar-refractivity contribution in [1.82, 2.24) is 4.98 Å². The topological polar surface area (TPSA) is 89.7 Å². The van der Waals surface area contributed by atoms with Crippen molar-refractivity contribution < 1.29 is 4.74 Å². The fraction of sp³-hybridized carbons (Fsp3) is 0.320. The molecule has 1 N–H and O–H groups in total.